The number of rotatable bonds is 5. The molecule has 2 fully saturated rings. The Kier molecular flexibility index (Phi) is 2.78. The molecule has 0 N–H and O–H groups in total. The Morgan fingerprint density at radius 3 is 3.07 bits per heavy atom. The second-order valence-electron chi connectivity index (χ2n) is 4.90. The van der Waals surface area contributed by atoms with Crippen LogP contribution in [0.3, 0.4) is 0 Å². The molecule has 0 spiro atoms. The fraction of sp³-hybridized carbons (Fsp3) is 0.692. The van der Waals surface area contributed by atoms with Gasteiger partial charge in [-0.2, -0.15) is 0 Å². The van der Waals surface area contributed by atoms with Gasteiger partial charge in [0.2, 0.25) is 0 Å². The van der Waals surface area contributed by atoms with Crippen molar-refractivity contribution in [2.24, 2.45) is 11.3 Å². The molecule has 0 aromatic rings. The molecule has 0 aromatic heterocycles. The normalized spacial score (nSPS) is 34.8. The quantitative estimate of drug-likeness (QED) is 0.479. The summed E-state index contributed by atoms with van der Waals surface area (Å²) in [4.78, 5) is 0. The zero-order valence-electron chi connectivity index (χ0n) is 9.09. The van der Waals surface area contributed by atoms with Crippen LogP contribution in [0.15, 0.2) is 24.3 Å². The van der Waals surface area contributed by atoms with Crippen LogP contribution in [0.25, 0.3) is 0 Å². The number of fused-ring (bicyclic) bond motifs is 1. The van der Waals surface area contributed by atoms with Crippen LogP contribution in [0, 0.1) is 11.3 Å². The first kappa shape index (κ1) is 9.97. The lowest BCUT2D eigenvalue weighted by Crippen LogP contribution is -1.97. The van der Waals surface area contributed by atoms with Gasteiger partial charge in [-0.1, -0.05) is 30.7 Å². The Labute approximate surface area is 86.8 Å². The van der Waals surface area contributed by atoms with E-state index in [4.69, 9.17) is 4.74 Å². The van der Waals surface area contributed by atoms with Gasteiger partial charge in [-0.15, -0.1) is 0 Å². The lowest BCUT2D eigenvalue weighted by Gasteiger charge is -2.04. The van der Waals surface area contributed by atoms with Gasteiger partial charge in [0.15, 0.2) is 0 Å². The molecule has 1 nitrogen and oxygen atoms in total. The van der Waals surface area contributed by atoms with Crippen molar-refractivity contribution in [1.82, 2.24) is 0 Å². The van der Waals surface area contributed by atoms with Gasteiger partial charge in [-0.3, -0.25) is 0 Å². The van der Waals surface area contributed by atoms with Gasteiger partial charge >= 0.3 is 0 Å². The largest absolute Gasteiger partial charge is 0.373 e. The van der Waals surface area contributed by atoms with E-state index in [1.54, 1.807) is 0 Å². The number of ether oxygens (including phenoxy) is 1. The van der Waals surface area contributed by atoms with E-state index < -0.39 is 0 Å². The van der Waals surface area contributed by atoms with Crippen LogP contribution in [0.4, 0.5) is 0 Å². The van der Waals surface area contributed by atoms with Crippen LogP contribution in [0.1, 0.15) is 32.6 Å². The third-order valence-electron chi connectivity index (χ3n) is 3.49. The Morgan fingerprint density at radius 1 is 1.64 bits per heavy atom. The zero-order valence-corrected chi connectivity index (χ0v) is 9.09. The molecule has 2 aliphatic carbocycles. The standard InChI is InChI=1S/C13H20O/c1-11(2)10-14-8-4-7-13-6-3-5-12(13)9-13/h4,7,12H,1,3,5-6,8-10H2,2H3/b7-4+. The van der Waals surface area contributed by atoms with Crippen molar-refractivity contribution in [3.8, 4) is 0 Å². The molecule has 2 atom stereocenters. The van der Waals surface area contributed by atoms with Crippen molar-refractivity contribution in [2.45, 2.75) is 32.6 Å². The van der Waals surface area contributed by atoms with E-state index in [-0.39, 0.29) is 0 Å². The van der Waals surface area contributed by atoms with Crippen LogP contribution in [-0.4, -0.2) is 13.2 Å². The average molecular weight is 192 g/mol. The van der Waals surface area contributed by atoms with Gasteiger partial charge in [-0.05, 0) is 37.5 Å². The maximum atomic E-state index is 5.43. The Bertz CT molecular complexity index is 254. The Balaban J connectivity index is 1.66. The summed E-state index contributed by atoms with van der Waals surface area (Å²) in [7, 11) is 0. The van der Waals surface area contributed by atoms with Gasteiger partial charge in [-0.25, -0.2) is 0 Å². The molecule has 0 radical (unpaired) electrons. The molecular formula is C13H20O. The molecule has 2 saturated carbocycles. The third-order valence-corrected chi connectivity index (χ3v) is 3.49. The van der Waals surface area contributed by atoms with Crippen molar-refractivity contribution in [1.29, 1.82) is 0 Å². The number of hydrogen-bond acceptors (Lipinski definition) is 1. The van der Waals surface area contributed by atoms with Gasteiger partial charge in [0, 0.05) is 0 Å². The van der Waals surface area contributed by atoms with Crippen molar-refractivity contribution in [3.05, 3.63) is 24.3 Å². The molecule has 1 heteroatoms. The summed E-state index contributed by atoms with van der Waals surface area (Å²) in [6, 6.07) is 0. The Morgan fingerprint density at radius 2 is 2.50 bits per heavy atom. The molecule has 14 heavy (non-hydrogen) atoms. The molecule has 2 rings (SSSR count). The van der Waals surface area contributed by atoms with Gasteiger partial charge in [0.05, 0.1) is 13.2 Å². The first-order chi connectivity index (χ1) is 6.73. The highest BCUT2D eigenvalue weighted by Crippen LogP contribution is 2.64. The van der Waals surface area contributed by atoms with Crippen LogP contribution < -0.4 is 0 Å². The molecule has 2 unspecified atom stereocenters. The highest BCUT2D eigenvalue weighted by Gasteiger charge is 2.54. The van der Waals surface area contributed by atoms with Crippen molar-refractivity contribution in [3.63, 3.8) is 0 Å². The molecule has 0 heterocycles. The Hall–Kier alpha value is -0.560. The minimum Gasteiger partial charge on any atom is -0.373 e. The van der Waals surface area contributed by atoms with Crippen molar-refractivity contribution in [2.75, 3.05) is 13.2 Å². The van der Waals surface area contributed by atoms with E-state index in [1.165, 1.54) is 25.7 Å². The average Bonchev–Trinajstić information content (AvgIpc) is 2.68. The minimum absolute atomic E-state index is 0.618. The fourth-order valence-electron chi connectivity index (χ4n) is 2.64. The summed E-state index contributed by atoms with van der Waals surface area (Å²) in [5.74, 6) is 1.01. The highest BCUT2D eigenvalue weighted by atomic mass is 16.5. The molecule has 2 aliphatic rings. The first-order valence-electron chi connectivity index (χ1n) is 5.63. The van der Waals surface area contributed by atoms with Gasteiger partial charge < -0.3 is 4.74 Å². The maximum absolute atomic E-state index is 5.43. The highest BCUT2D eigenvalue weighted by molar-refractivity contribution is 5.17. The van der Waals surface area contributed by atoms with Gasteiger partial charge in [0.25, 0.3) is 0 Å². The van der Waals surface area contributed by atoms with E-state index in [1.807, 2.05) is 6.92 Å². The lowest BCUT2D eigenvalue weighted by molar-refractivity contribution is 0.186. The molecule has 0 saturated heterocycles. The summed E-state index contributed by atoms with van der Waals surface area (Å²) in [5, 5.41) is 0. The van der Waals surface area contributed by atoms with E-state index >= 15 is 0 Å². The second kappa shape index (κ2) is 3.90. The maximum Gasteiger partial charge on any atom is 0.0675 e. The zero-order chi connectivity index (χ0) is 10.0. The second-order valence-corrected chi connectivity index (χ2v) is 4.90. The first-order valence-corrected chi connectivity index (χ1v) is 5.63. The predicted molar refractivity (Wildman–Crippen MR) is 59.2 cm³/mol. The molecule has 0 aromatic carbocycles. The predicted octanol–water partition coefficient (Wildman–Crippen LogP) is 3.33. The summed E-state index contributed by atoms with van der Waals surface area (Å²) in [5.41, 5.74) is 1.72. The molecule has 0 bridgehead atoms. The van der Waals surface area contributed by atoms with E-state index in [0.29, 0.717) is 12.0 Å². The molecule has 78 valence electrons. The van der Waals surface area contributed by atoms with Crippen molar-refractivity contribution < 1.29 is 4.74 Å². The summed E-state index contributed by atoms with van der Waals surface area (Å²) in [6.07, 6.45) is 10.3. The van der Waals surface area contributed by atoms with Crippen LogP contribution in [0.5, 0.6) is 0 Å². The van der Waals surface area contributed by atoms with Crippen LogP contribution in [-0.2, 0) is 4.74 Å². The van der Waals surface area contributed by atoms with E-state index in [9.17, 15) is 0 Å². The van der Waals surface area contributed by atoms with E-state index in [0.717, 1.165) is 18.1 Å². The summed E-state index contributed by atoms with van der Waals surface area (Å²) >= 11 is 0. The molecular weight excluding hydrogens is 172 g/mol. The van der Waals surface area contributed by atoms with Crippen LogP contribution in [0.2, 0.25) is 0 Å². The van der Waals surface area contributed by atoms with Crippen LogP contribution >= 0.6 is 0 Å². The van der Waals surface area contributed by atoms with Gasteiger partial charge in [0.1, 0.15) is 0 Å². The topological polar surface area (TPSA) is 9.23 Å². The molecule has 0 aliphatic heterocycles. The SMILES string of the molecule is C=C(C)COC/C=C/C12CCCC1C2. The fourth-order valence-corrected chi connectivity index (χ4v) is 2.64. The summed E-state index contributed by atoms with van der Waals surface area (Å²) in [6.45, 7) is 7.25. The van der Waals surface area contributed by atoms with E-state index in [2.05, 4.69) is 18.7 Å². The third kappa shape index (κ3) is 2.09. The van der Waals surface area contributed by atoms with Crippen molar-refractivity contribution >= 4 is 0 Å². The minimum atomic E-state index is 0.618. The number of allylic oxidation sites excluding steroid dienone is 1. The monoisotopic (exact) mass is 192 g/mol. The molecule has 0 amide bonds. The number of hydrogen-bond donors (Lipinski definition) is 0. The lowest BCUT2D eigenvalue weighted by atomic mass is 10.0. The summed E-state index contributed by atoms with van der Waals surface area (Å²) < 4.78 is 5.43. The smallest absolute Gasteiger partial charge is 0.0675 e.